The lowest BCUT2D eigenvalue weighted by molar-refractivity contribution is -0.150. The average Bonchev–Trinajstić information content (AvgIpc) is 3.01. The number of carbonyl (C=O) groups is 3. The largest absolute Gasteiger partial charge is 0.393 e. The van der Waals surface area contributed by atoms with Gasteiger partial charge >= 0.3 is 0 Å². The predicted octanol–water partition coefficient (Wildman–Crippen LogP) is 4.25. The molecule has 1 aliphatic rings. The minimum atomic E-state index is -0.851. The molecule has 4 rings (SSSR count). The summed E-state index contributed by atoms with van der Waals surface area (Å²) < 4.78 is 0. The SMILES string of the molecule is Cc1ccc(C[C@H](C(=O)N2CCC(O)CC2)N(C)C(=O)[C@@H](Cc2ccc3ccccc3c2)N(C)C(=O)/C=C/CC(C)(C)N)cc1. The van der Waals surface area contributed by atoms with Crippen molar-refractivity contribution >= 4 is 28.5 Å². The molecule has 3 aromatic rings. The quantitative estimate of drug-likeness (QED) is 0.315. The number of piperidine rings is 1. The molecule has 0 unspecified atom stereocenters. The maximum Gasteiger partial charge on any atom is 0.246 e. The molecule has 3 aromatic carbocycles. The summed E-state index contributed by atoms with van der Waals surface area (Å²) in [5.74, 6) is -0.769. The van der Waals surface area contributed by atoms with Gasteiger partial charge in [-0.2, -0.15) is 0 Å². The number of nitrogens with zero attached hydrogens (tertiary/aromatic N) is 3. The highest BCUT2D eigenvalue weighted by Gasteiger charge is 2.37. The molecule has 8 nitrogen and oxygen atoms in total. The highest BCUT2D eigenvalue weighted by molar-refractivity contribution is 5.95. The fourth-order valence-electron chi connectivity index (χ4n) is 5.74. The lowest BCUT2D eigenvalue weighted by atomic mass is 9.97. The lowest BCUT2D eigenvalue weighted by Crippen LogP contribution is -2.57. The fraction of sp³-hybridized carbons (Fsp3) is 0.432. The topological polar surface area (TPSA) is 107 Å². The van der Waals surface area contributed by atoms with Gasteiger partial charge in [0.15, 0.2) is 0 Å². The Morgan fingerprint density at radius 1 is 0.911 bits per heavy atom. The number of aliphatic hydroxyl groups excluding tert-OH is 1. The molecular formula is C37H48N4O4. The van der Waals surface area contributed by atoms with Crippen molar-refractivity contribution in [1.29, 1.82) is 0 Å². The summed E-state index contributed by atoms with van der Waals surface area (Å²) >= 11 is 0. The van der Waals surface area contributed by atoms with Crippen LogP contribution in [0.3, 0.4) is 0 Å². The molecular weight excluding hydrogens is 564 g/mol. The number of rotatable bonds is 11. The Bertz CT molecular complexity index is 1500. The van der Waals surface area contributed by atoms with Crippen LogP contribution in [0.15, 0.2) is 78.9 Å². The second-order valence-electron chi connectivity index (χ2n) is 13.2. The van der Waals surface area contributed by atoms with Crippen LogP contribution in [0, 0.1) is 6.92 Å². The minimum absolute atomic E-state index is 0.151. The van der Waals surface area contributed by atoms with Crippen molar-refractivity contribution in [3.05, 3.63) is 95.6 Å². The molecule has 3 N–H and O–H groups in total. The molecule has 0 radical (unpaired) electrons. The van der Waals surface area contributed by atoms with E-state index in [1.54, 1.807) is 25.1 Å². The molecule has 0 saturated carbocycles. The van der Waals surface area contributed by atoms with E-state index in [4.69, 9.17) is 5.73 Å². The van der Waals surface area contributed by atoms with Crippen molar-refractivity contribution in [3.63, 3.8) is 0 Å². The third-order valence-electron chi connectivity index (χ3n) is 8.67. The Morgan fingerprint density at radius 3 is 2.16 bits per heavy atom. The second-order valence-corrected chi connectivity index (χ2v) is 13.2. The third kappa shape index (κ3) is 9.25. The normalized spacial score (nSPS) is 15.7. The average molecular weight is 613 g/mol. The Labute approximate surface area is 267 Å². The number of aryl methyl sites for hydroxylation is 1. The van der Waals surface area contributed by atoms with Crippen LogP contribution in [0.5, 0.6) is 0 Å². The first kappa shape index (κ1) is 33.9. The Morgan fingerprint density at radius 2 is 1.51 bits per heavy atom. The first-order valence-corrected chi connectivity index (χ1v) is 15.8. The molecule has 0 aliphatic carbocycles. The zero-order valence-corrected chi connectivity index (χ0v) is 27.3. The molecule has 240 valence electrons. The van der Waals surface area contributed by atoms with Crippen molar-refractivity contribution in [2.24, 2.45) is 5.73 Å². The van der Waals surface area contributed by atoms with Gasteiger partial charge in [0, 0.05) is 45.6 Å². The number of nitrogens with two attached hydrogens (primary N) is 1. The van der Waals surface area contributed by atoms with Crippen LogP contribution in [0.25, 0.3) is 10.8 Å². The van der Waals surface area contributed by atoms with Crippen molar-refractivity contribution in [2.45, 2.75) is 76.6 Å². The maximum atomic E-state index is 14.5. The van der Waals surface area contributed by atoms with E-state index >= 15 is 0 Å². The molecule has 1 saturated heterocycles. The van der Waals surface area contributed by atoms with Crippen LogP contribution in [0.2, 0.25) is 0 Å². The standard InChI is InChI=1S/C37H48N4O4/c1-26-12-14-27(15-13-26)24-33(36(45)41-21-18-31(42)19-22-41)40(5)35(44)32(39(4)34(43)11-8-20-37(2,3)38)25-28-16-17-29-9-6-7-10-30(29)23-28/h6-17,23,31-33,42H,18-22,24-25,38H2,1-5H3/b11-8+/t32-,33-/m1/s1. The first-order chi connectivity index (χ1) is 21.3. The van der Waals surface area contributed by atoms with Gasteiger partial charge in [0.1, 0.15) is 12.1 Å². The highest BCUT2D eigenvalue weighted by atomic mass is 16.3. The van der Waals surface area contributed by atoms with E-state index in [0.29, 0.717) is 38.8 Å². The van der Waals surface area contributed by atoms with Crippen molar-refractivity contribution in [2.75, 3.05) is 27.2 Å². The summed E-state index contributed by atoms with van der Waals surface area (Å²) in [6, 6.07) is 20.4. The number of hydrogen-bond donors (Lipinski definition) is 2. The summed E-state index contributed by atoms with van der Waals surface area (Å²) in [5.41, 5.74) is 8.61. The number of benzene rings is 3. The van der Waals surface area contributed by atoms with Gasteiger partial charge in [-0.1, -0.05) is 78.4 Å². The fourth-order valence-corrected chi connectivity index (χ4v) is 5.74. The van der Waals surface area contributed by atoms with Crippen LogP contribution in [0.1, 0.15) is 49.8 Å². The van der Waals surface area contributed by atoms with Crippen LogP contribution in [0.4, 0.5) is 0 Å². The van der Waals surface area contributed by atoms with Gasteiger partial charge < -0.3 is 25.5 Å². The number of aliphatic hydroxyl groups is 1. The summed E-state index contributed by atoms with van der Waals surface area (Å²) in [4.78, 5) is 46.7. The summed E-state index contributed by atoms with van der Waals surface area (Å²) in [6.45, 7) is 6.66. The Hall–Kier alpha value is -4.01. The van der Waals surface area contributed by atoms with Gasteiger partial charge in [0.2, 0.25) is 17.7 Å². The molecule has 1 fully saturated rings. The Balaban J connectivity index is 1.66. The number of likely N-dealkylation sites (N-methyl/N-ethyl adjacent to an activating group) is 2. The summed E-state index contributed by atoms with van der Waals surface area (Å²) in [5, 5.41) is 12.2. The van der Waals surface area contributed by atoms with Gasteiger partial charge in [-0.3, -0.25) is 14.4 Å². The van der Waals surface area contributed by atoms with Gasteiger partial charge in [-0.25, -0.2) is 0 Å². The smallest absolute Gasteiger partial charge is 0.246 e. The molecule has 45 heavy (non-hydrogen) atoms. The molecule has 1 heterocycles. The van der Waals surface area contributed by atoms with E-state index in [-0.39, 0.29) is 24.1 Å². The highest BCUT2D eigenvalue weighted by Crippen LogP contribution is 2.22. The van der Waals surface area contributed by atoms with E-state index in [9.17, 15) is 19.5 Å². The summed E-state index contributed by atoms with van der Waals surface area (Å²) in [6.07, 6.45) is 4.95. The van der Waals surface area contributed by atoms with E-state index in [1.807, 2.05) is 81.4 Å². The van der Waals surface area contributed by atoms with Gasteiger partial charge in [0.25, 0.3) is 0 Å². The number of amides is 3. The maximum absolute atomic E-state index is 14.5. The molecule has 1 aliphatic heterocycles. The van der Waals surface area contributed by atoms with Crippen LogP contribution in [-0.2, 0) is 27.2 Å². The zero-order chi connectivity index (χ0) is 32.7. The summed E-state index contributed by atoms with van der Waals surface area (Å²) in [7, 11) is 3.30. The second kappa shape index (κ2) is 14.8. The minimum Gasteiger partial charge on any atom is -0.393 e. The zero-order valence-electron chi connectivity index (χ0n) is 27.3. The van der Waals surface area contributed by atoms with Crippen molar-refractivity contribution in [3.8, 4) is 0 Å². The predicted molar refractivity (Wildman–Crippen MR) is 179 cm³/mol. The molecule has 3 amide bonds. The van der Waals surface area contributed by atoms with Crippen LogP contribution in [-0.4, -0.2) is 88.4 Å². The number of carbonyl (C=O) groups excluding carboxylic acids is 3. The lowest BCUT2D eigenvalue weighted by Gasteiger charge is -2.38. The van der Waals surface area contributed by atoms with Gasteiger partial charge in [-0.15, -0.1) is 0 Å². The Kier molecular flexibility index (Phi) is 11.2. The molecule has 0 bridgehead atoms. The van der Waals surface area contributed by atoms with Crippen molar-refractivity contribution in [1.82, 2.24) is 14.7 Å². The van der Waals surface area contributed by atoms with E-state index in [0.717, 1.165) is 27.5 Å². The van der Waals surface area contributed by atoms with Gasteiger partial charge in [0.05, 0.1) is 6.10 Å². The number of fused-ring (bicyclic) bond motifs is 1. The number of likely N-dealkylation sites (tertiary alicyclic amines) is 1. The van der Waals surface area contributed by atoms with Crippen molar-refractivity contribution < 1.29 is 19.5 Å². The first-order valence-electron chi connectivity index (χ1n) is 15.8. The molecule has 8 heteroatoms. The molecule has 2 atom stereocenters. The monoisotopic (exact) mass is 612 g/mol. The molecule has 0 aromatic heterocycles. The number of hydrogen-bond acceptors (Lipinski definition) is 5. The third-order valence-corrected chi connectivity index (χ3v) is 8.67. The van der Waals surface area contributed by atoms with Gasteiger partial charge in [-0.05, 0) is 68.0 Å². The van der Waals surface area contributed by atoms with Crippen LogP contribution >= 0.6 is 0 Å². The van der Waals surface area contributed by atoms with E-state index in [2.05, 4.69) is 6.07 Å². The molecule has 0 spiro atoms. The van der Waals surface area contributed by atoms with Crippen LogP contribution < -0.4 is 5.73 Å². The van der Waals surface area contributed by atoms with E-state index in [1.165, 1.54) is 15.9 Å². The van der Waals surface area contributed by atoms with E-state index < -0.39 is 23.7 Å².